The minimum absolute atomic E-state index is 0.124. The van der Waals surface area contributed by atoms with E-state index in [9.17, 15) is 14.0 Å². The molecule has 1 N–H and O–H groups in total. The minimum Gasteiger partial charge on any atom is -0.343 e. The fraction of sp³-hybridized carbons (Fsp3) is 0.533. The Balaban J connectivity index is 1.94. The van der Waals surface area contributed by atoms with Gasteiger partial charge in [-0.2, -0.15) is 0 Å². The summed E-state index contributed by atoms with van der Waals surface area (Å²) in [5, 5.41) is 2.75. The molecule has 2 heterocycles. The third-order valence-corrected chi connectivity index (χ3v) is 4.48. The molecule has 0 bridgehead atoms. The number of amides is 2. The zero-order valence-corrected chi connectivity index (χ0v) is 12.1. The quantitative estimate of drug-likeness (QED) is 0.911. The predicted octanol–water partition coefficient (Wildman–Crippen LogP) is 1.24. The largest absolute Gasteiger partial charge is 0.343 e. The zero-order valence-electron chi connectivity index (χ0n) is 12.1. The Hall–Kier alpha value is -1.98. The lowest BCUT2D eigenvalue weighted by Crippen LogP contribution is -2.69. The fourth-order valence-electron chi connectivity index (χ4n) is 3.01. The molecule has 1 saturated heterocycles. The van der Waals surface area contributed by atoms with Crippen LogP contribution in [-0.4, -0.2) is 33.3 Å². The summed E-state index contributed by atoms with van der Waals surface area (Å²) in [4.78, 5) is 30.3. The number of halogens is 1. The van der Waals surface area contributed by atoms with E-state index in [1.807, 2.05) is 0 Å². The molecular formula is C15H18FN3O2. The molecule has 1 aliphatic carbocycles. The average molecular weight is 291 g/mol. The Kier molecular flexibility index (Phi) is 3.19. The van der Waals surface area contributed by atoms with Gasteiger partial charge in [-0.25, -0.2) is 4.39 Å². The van der Waals surface area contributed by atoms with Gasteiger partial charge < -0.3 is 10.2 Å². The van der Waals surface area contributed by atoms with Gasteiger partial charge in [-0.15, -0.1) is 0 Å². The van der Waals surface area contributed by atoms with E-state index in [1.165, 1.54) is 12.3 Å². The van der Waals surface area contributed by atoms with Crippen LogP contribution in [0.25, 0.3) is 0 Å². The number of rotatable bonds is 3. The van der Waals surface area contributed by atoms with Crippen LogP contribution in [0.1, 0.15) is 32.3 Å². The predicted molar refractivity (Wildman–Crippen MR) is 73.5 cm³/mol. The maximum Gasteiger partial charge on any atom is 0.246 e. The number of hydrogen-bond donors (Lipinski definition) is 1. The summed E-state index contributed by atoms with van der Waals surface area (Å²) in [5.41, 5.74) is -0.257. The van der Waals surface area contributed by atoms with Crippen LogP contribution in [0.5, 0.6) is 0 Å². The molecular weight excluding hydrogens is 273 g/mol. The third-order valence-electron chi connectivity index (χ3n) is 4.48. The summed E-state index contributed by atoms with van der Waals surface area (Å²) in [7, 11) is 0. The Morgan fingerprint density at radius 2 is 2.14 bits per heavy atom. The van der Waals surface area contributed by atoms with Gasteiger partial charge in [0.1, 0.15) is 17.4 Å². The van der Waals surface area contributed by atoms with Crippen LogP contribution in [0, 0.1) is 11.7 Å². The highest BCUT2D eigenvalue weighted by molar-refractivity contribution is 5.99. The number of nitrogens with zero attached hydrogens (tertiary/aromatic N) is 2. The molecule has 1 saturated carbocycles. The number of aromatic nitrogens is 1. The van der Waals surface area contributed by atoms with E-state index in [2.05, 4.69) is 10.3 Å². The van der Waals surface area contributed by atoms with E-state index < -0.39 is 17.4 Å². The van der Waals surface area contributed by atoms with Gasteiger partial charge in [-0.3, -0.25) is 14.6 Å². The van der Waals surface area contributed by atoms with Crippen molar-refractivity contribution in [1.29, 1.82) is 0 Å². The molecule has 1 aromatic heterocycles. The number of piperazine rings is 1. The van der Waals surface area contributed by atoms with Gasteiger partial charge in [0, 0.05) is 12.7 Å². The standard InChI is InChI=1S/C15H18FN3O2/c1-9-13(20)19(8-10-5-12(16)7-17-6-10)15(2,11-3-4-11)14(21)18-9/h5-7,9,11H,3-4,8H2,1-2H3,(H,18,21). The van der Waals surface area contributed by atoms with Crippen LogP contribution >= 0.6 is 0 Å². The fourth-order valence-corrected chi connectivity index (χ4v) is 3.01. The number of pyridine rings is 1. The Morgan fingerprint density at radius 1 is 1.43 bits per heavy atom. The van der Waals surface area contributed by atoms with Crippen LogP contribution in [0.4, 0.5) is 4.39 Å². The molecule has 2 aliphatic rings. The molecule has 6 heteroatoms. The summed E-state index contributed by atoms with van der Waals surface area (Å²) >= 11 is 0. The first-order valence-electron chi connectivity index (χ1n) is 7.15. The van der Waals surface area contributed by atoms with Crippen molar-refractivity contribution in [3.05, 3.63) is 29.8 Å². The van der Waals surface area contributed by atoms with Gasteiger partial charge in [0.2, 0.25) is 11.8 Å². The lowest BCUT2D eigenvalue weighted by molar-refractivity contribution is -0.158. The van der Waals surface area contributed by atoms with Crippen LogP contribution in [0.2, 0.25) is 0 Å². The highest BCUT2D eigenvalue weighted by Gasteiger charge is 2.56. The third kappa shape index (κ3) is 2.28. The summed E-state index contributed by atoms with van der Waals surface area (Å²) in [6, 6.07) is 0.802. The zero-order chi connectivity index (χ0) is 15.2. The molecule has 112 valence electrons. The second-order valence-corrected chi connectivity index (χ2v) is 6.05. The molecule has 2 amide bonds. The van der Waals surface area contributed by atoms with E-state index >= 15 is 0 Å². The molecule has 2 unspecified atom stereocenters. The van der Waals surface area contributed by atoms with Crippen molar-refractivity contribution < 1.29 is 14.0 Å². The number of carbonyl (C=O) groups is 2. The molecule has 0 aromatic carbocycles. The minimum atomic E-state index is -0.851. The molecule has 1 aromatic rings. The first-order chi connectivity index (χ1) is 9.92. The monoisotopic (exact) mass is 291 g/mol. The molecule has 1 aliphatic heterocycles. The van der Waals surface area contributed by atoms with E-state index in [1.54, 1.807) is 18.7 Å². The number of hydrogen-bond acceptors (Lipinski definition) is 3. The first-order valence-corrected chi connectivity index (χ1v) is 7.15. The Labute approximate surface area is 122 Å². The summed E-state index contributed by atoms with van der Waals surface area (Å²) in [5.74, 6) is -0.521. The molecule has 2 atom stereocenters. The Morgan fingerprint density at radius 3 is 2.76 bits per heavy atom. The van der Waals surface area contributed by atoms with Gasteiger partial charge in [0.15, 0.2) is 0 Å². The highest BCUT2D eigenvalue weighted by Crippen LogP contribution is 2.45. The van der Waals surface area contributed by atoms with Crippen LogP contribution in [0.15, 0.2) is 18.5 Å². The number of nitrogens with one attached hydrogen (secondary N) is 1. The first kappa shape index (κ1) is 14.0. The normalized spacial score (nSPS) is 29.5. The smallest absolute Gasteiger partial charge is 0.246 e. The molecule has 0 spiro atoms. The molecule has 5 nitrogen and oxygen atoms in total. The highest BCUT2D eigenvalue weighted by atomic mass is 19.1. The molecule has 2 fully saturated rings. The Bertz CT molecular complexity index is 602. The topological polar surface area (TPSA) is 62.3 Å². The van der Waals surface area contributed by atoms with Gasteiger partial charge in [0.05, 0.1) is 6.20 Å². The van der Waals surface area contributed by atoms with Crippen molar-refractivity contribution in [3.8, 4) is 0 Å². The van der Waals surface area contributed by atoms with E-state index in [4.69, 9.17) is 0 Å². The summed E-state index contributed by atoms with van der Waals surface area (Å²) in [6.45, 7) is 3.67. The second-order valence-electron chi connectivity index (χ2n) is 6.05. The van der Waals surface area contributed by atoms with Crippen molar-refractivity contribution in [2.45, 2.75) is 44.8 Å². The van der Waals surface area contributed by atoms with E-state index in [0.717, 1.165) is 19.0 Å². The van der Waals surface area contributed by atoms with Gasteiger partial charge in [-0.05, 0) is 44.2 Å². The van der Waals surface area contributed by atoms with Crippen LogP contribution in [0.3, 0.4) is 0 Å². The SMILES string of the molecule is CC1NC(=O)C(C)(C2CC2)N(Cc2cncc(F)c2)C1=O. The molecule has 0 radical (unpaired) electrons. The maximum atomic E-state index is 13.3. The van der Waals surface area contributed by atoms with E-state index in [-0.39, 0.29) is 24.3 Å². The molecule has 3 rings (SSSR count). The van der Waals surface area contributed by atoms with Gasteiger partial charge in [0.25, 0.3) is 0 Å². The summed E-state index contributed by atoms with van der Waals surface area (Å²) < 4.78 is 13.3. The van der Waals surface area contributed by atoms with Crippen molar-refractivity contribution >= 4 is 11.8 Å². The lowest BCUT2D eigenvalue weighted by atomic mass is 9.88. The van der Waals surface area contributed by atoms with Crippen molar-refractivity contribution in [2.75, 3.05) is 0 Å². The van der Waals surface area contributed by atoms with Crippen molar-refractivity contribution in [3.63, 3.8) is 0 Å². The van der Waals surface area contributed by atoms with E-state index in [0.29, 0.717) is 5.56 Å². The summed E-state index contributed by atoms with van der Waals surface area (Å²) in [6.07, 6.45) is 4.52. The molecule has 21 heavy (non-hydrogen) atoms. The van der Waals surface area contributed by atoms with Crippen molar-refractivity contribution in [2.24, 2.45) is 5.92 Å². The van der Waals surface area contributed by atoms with Crippen LogP contribution < -0.4 is 5.32 Å². The van der Waals surface area contributed by atoms with Crippen LogP contribution in [-0.2, 0) is 16.1 Å². The number of carbonyl (C=O) groups excluding carboxylic acids is 2. The van der Waals surface area contributed by atoms with Crippen molar-refractivity contribution in [1.82, 2.24) is 15.2 Å². The average Bonchev–Trinajstić information content (AvgIpc) is 3.26. The van der Waals surface area contributed by atoms with Gasteiger partial charge in [-0.1, -0.05) is 0 Å². The second kappa shape index (κ2) is 4.79. The van der Waals surface area contributed by atoms with Gasteiger partial charge >= 0.3 is 0 Å². The maximum absolute atomic E-state index is 13.3. The lowest BCUT2D eigenvalue weighted by Gasteiger charge is -2.46.